The molecule has 6 heteroatoms. The van der Waals surface area contributed by atoms with E-state index >= 15 is 0 Å². The van der Waals surface area contributed by atoms with Gasteiger partial charge in [0.25, 0.3) is 5.91 Å². The maximum Gasteiger partial charge on any atom is 0.311 e. The Hall–Kier alpha value is -2.08. The Balaban J connectivity index is 1.61. The van der Waals surface area contributed by atoms with Gasteiger partial charge in [-0.05, 0) is 70.8 Å². The summed E-state index contributed by atoms with van der Waals surface area (Å²) in [6.07, 6.45) is 4.61. The molecule has 1 aliphatic heterocycles. The number of carbonyl (C=O) groups excluding carboxylic acids is 2. The Labute approximate surface area is 168 Å². The summed E-state index contributed by atoms with van der Waals surface area (Å²) in [4.78, 5) is 25.8. The van der Waals surface area contributed by atoms with Crippen LogP contribution in [-0.4, -0.2) is 49.6 Å². The zero-order valence-electron chi connectivity index (χ0n) is 17.5. The van der Waals surface area contributed by atoms with Crippen molar-refractivity contribution in [3.05, 3.63) is 29.8 Å². The number of ether oxygens (including phenoxy) is 2. The number of hydrogen-bond acceptors (Lipinski definition) is 5. The van der Waals surface area contributed by atoms with Crippen molar-refractivity contribution < 1.29 is 19.1 Å². The summed E-state index contributed by atoms with van der Waals surface area (Å²) >= 11 is 0. The van der Waals surface area contributed by atoms with Gasteiger partial charge in [-0.25, -0.2) is 0 Å². The van der Waals surface area contributed by atoms with Gasteiger partial charge in [0, 0.05) is 13.1 Å². The Morgan fingerprint density at radius 3 is 2.61 bits per heavy atom. The molecule has 0 spiro atoms. The van der Waals surface area contributed by atoms with Gasteiger partial charge >= 0.3 is 5.97 Å². The van der Waals surface area contributed by atoms with Crippen LogP contribution in [0.3, 0.4) is 0 Å². The number of nitrogens with one attached hydrogen (secondary N) is 1. The van der Waals surface area contributed by atoms with Crippen LogP contribution in [0.2, 0.25) is 0 Å². The largest absolute Gasteiger partial charge is 0.494 e. The Kier molecular flexibility index (Phi) is 8.77. The summed E-state index contributed by atoms with van der Waals surface area (Å²) in [5.74, 6) is 0.191. The van der Waals surface area contributed by atoms with E-state index in [0.717, 1.165) is 12.3 Å². The summed E-state index contributed by atoms with van der Waals surface area (Å²) in [5, 5.41) is 2.74. The van der Waals surface area contributed by atoms with E-state index in [1.165, 1.54) is 37.9 Å². The highest BCUT2D eigenvalue weighted by atomic mass is 16.5. The molecule has 2 rings (SSSR count). The molecule has 1 N–H and O–H groups in total. The number of hydrogen-bond donors (Lipinski definition) is 1. The van der Waals surface area contributed by atoms with Crippen LogP contribution in [0, 0.1) is 5.41 Å². The molecule has 1 aromatic rings. The first-order valence-corrected chi connectivity index (χ1v) is 10.2. The van der Waals surface area contributed by atoms with E-state index in [1.54, 1.807) is 20.8 Å². The van der Waals surface area contributed by atoms with E-state index in [-0.39, 0.29) is 18.5 Å². The van der Waals surface area contributed by atoms with Crippen molar-refractivity contribution in [2.75, 3.05) is 32.8 Å². The highest BCUT2D eigenvalue weighted by Gasteiger charge is 2.23. The van der Waals surface area contributed by atoms with Crippen molar-refractivity contribution in [2.24, 2.45) is 5.41 Å². The van der Waals surface area contributed by atoms with E-state index in [9.17, 15) is 9.59 Å². The van der Waals surface area contributed by atoms with Gasteiger partial charge in [-0.2, -0.15) is 0 Å². The Morgan fingerprint density at radius 2 is 1.89 bits per heavy atom. The van der Waals surface area contributed by atoms with Gasteiger partial charge < -0.3 is 14.8 Å². The highest BCUT2D eigenvalue weighted by Crippen LogP contribution is 2.18. The smallest absolute Gasteiger partial charge is 0.311 e. The molecule has 0 atom stereocenters. The molecule has 0 unspecified atom stereocenters. The zero-order chi connectivity index (χ0) is 20.4. The molecule has 1 saturated heterocycles. The molecule has 156 valence electrons. The van der Waals surface area contributed by atoms with Gasteiger partial charge in [0.1, 0.15) is 5.75 Å². The summed E-state index contributed by atoms with van der Waals surface area (Å²) in [5.41, 5.74) is 0.671. The molecule has 1 amide bonds. The fourth-order valence-corrected chi connectivity index (χ4v) is 3.00. The van der Waals surface area contributed by atoms with E-state index in [1.807, 2.05) is 12.1 Å². The maximum absolute atomic E-state index is 11.7. The lowest BCUT2D eigenvalue weighted by atomic mass is 9.97. The second kappa shape index (κ2) is 11.1. The standard InChI is InChI=1S/C22H34N2O4/c1-22(2,3)21(26)28-17-20(25)23-11-8-14-27-19-10-7-9-18(15-19)16-24-12-5-4-6-13-24/h7,9-10,15H,4-6,8,11-14,16-17H2,1-3H3,(H,23,25). The van der Waals surface area contributed by atoms with Crippen LogP contribution >= 0.6 is 0 Å². The second-order valence-corrected chi connectivity index (χ2v) is 8.36. The van der Waals surface area contributed by atoms with E-state index < -0.39 is 5.41 Å². The second-order valence-electron chi connectivity index (χ2n) is 8.36. The fourth-order valence-electron chi connectivity index (χ4n) is 3.00. The summed E-state index contributed by atoms with van der Waals surface area (Å²) in [7, 11) is 0. The number of carbonyl (C=O) groups is 2. The SMILES string of the molecule is CC(C)(C)C(=O)OCC(=O)NCCCOc1cccc(CN2CCCCC2)c1. The van der Waals surface area contributed by atoms with Gasteiger partial charge in [-0.3, -0.25) is 14.5 Å². The molecule has 0 saturated carbocycles. The molecule has 1 aliphatic rings. The van der Waals surface area contributed by atoms with E-state index in [2.05, 4.69) is 22.3 Å². The first-order chi connectivity index (χ1) is 13.3. The molecule has 0 aliphatic carbocycles. The number of benzene rings is 1. The third-order valence-electron chi connectivity index (χ3n) is 4.61. The number of likely N-dealkylation sites (tertiary alicyclic amines) is 1. The van der Waals surface area contributed by atoms with Crippen LogP contribution in [-0.2, 0) is 20.9 Å². The van der Waals surface area contributed by atoms with Gasteiger partial charge in [-0.1, -0.05) is 18.6 Å². The highest BCUT2D eigenvalue weighted by molar-refractivity contribution is 5.82. The molecule has 0 bridgehead atoms. The van der Waals surface area contributed by atoms with Crippen molar-refractivity contribution in [3.8, 4) is 5.75 Å². The molecule has 28 heavy (non-hydrogen) atoms. The molecular formula is C22H34N2O4. The first-order valence-electron chi connectivity index (χ1n) is 10.2. The van der Waals surface area contributed by atoms with Gasteiger partial charge in [0.2, 0.25) is 0 Å². The average molecular weight is 391 g/mol. The minimum absolute atomic E-state index is 0.241. The molecular weight excluding hydrogens is 356 g/mol. The lowest BCUT2D eigenvalue weighted by molar-refractivity contribution is -0.156. The minimum Gasteiger partial charge on any atom is -0.494 e. The van der Waals surface area contributed by atoms with Crippen LogP contribution in [0.15, 0.2) is 24.3 Å². The molecule has 0 radical (unpaired) electrons. The quantitative estimate of drug-likeness (QED) is 0.518. The summed E-state index contributed by atoms with van der Waals surface area (Å²) in [6.45, 7) is 9.36. The average Bonchev–Trinajstić information content (AvgIpc) is 2.66. The first kappa shape index (κ1) is 22.2. The van der Waals surface area contributed by atoms with Crippen LogP contribution in [0.25, 0.3) is 0 Å². The predicted molar refractivity (Wildman–Crippen MR) is 109 cm³/mol. The number of rotatable bonds is 9. The molecule has 1 aromatic carbocycles. The van der Waals surface area contributed by atoms with Crippen LogP contribution in [0.1, 0.15) is 52.0 Å². The Bertz CT molecular complexity index is 634. The number of nitrogens with zero attached hydrogens (tertiary/aromatic N) is 1. The van der Waals surface area contributed by atoms with Gasteiger partial charge in [0.05, 0.1) is 12.0 Å². The van der Waals surface area contributed by atoms with Crippen LogP contribution in [0.5, 0.6) is 5.75 Å². The van der Waals surface area contributed by atoms with Crippen molar-refractivity contribution in [1.29, 1.82) is 0 Å². The van der Waals surface area contributed by atoms with E-state index in [4.69, 9.17) is 9.47 Å². The summed E-state index contributed by atoms with van der Waals surface area (Å²) < 4.78 is 10.8. The lowest BCUT2D eigenvalue weighted by Gasteiger charge is -2.26. The fraction of sp³-hybridized carbons (Fsp3) is 0.636. The normalized spacial score (nSPS) is 15.1. The molecule has 6 nitrogen and oxygen atoms in total. The third-order valence-corrected chi connectivity index (χ3v) is 4.61. The third kappa shape index (κ3) is 8.30. The van der Waals surface area contributed by atoms with E-state index in [0.29, 0.717) is 19.6 Å². The number of esters is 1. The van der Waals surface area contributed by atoms with Crippen LogP contribution in [0.4, 0.5) is 0 Å². The summed E-state index contributed by atoms with van der Waals surface area (Å²) in [6, 6.07) is 8.23. The topological polar surface area (TPSA) is 67.9 Å². The molecule has 0 aromatic heterocycles. The lowest BCUT2D eigenvalue weighted by Crippen LogP contribution is -2.32. The van der Waals surface area contributed by atoms with Crippen molar-refractivity contribution in [1.82, 2.24) is 10.2 Å². The van der Waals surface area contributed by atoms with Gasteiger partial charge in [0.15, 0.2) is 6.61 Å². The van der Waals surface area contributed by atoms with Crippen molar-refractivity contribution in [3.63, 3.8) is 0 Å². The minimum atomic E-state index is -0.601. The number of amides is 1. The number of piperidine rings is 1. The molecule has 1 fully saturated rings. The van der Waals surface area contributed by atoms with Crippen LogP contribution < -0.4 is 10.1 Å². The van der Waals surface area contributed by atoms with Crippen molar-refractivity contribution in [2.45, 2.75) is 53.0 Å². The zero-order valence-corrected chi connectivity index (χ0v) is 17.5. The monoisotopic (exact) mass is 390 g/mol. The predicted octanol–water partition coefficient (Wildman–Crippen LogP) is 3.15. The Morgan fingerprint density at radius 1 is 1.14 bits per heavy atom. The maximum atomic E-state index is 11.7. The molecule has 1 heterocycles. The van der Waals surface area contributed by atoms with Crippen molar-refractivity contribution >= 4 is 11.9 Å². The van der Waals surface area contributed by atoms with Gasteiger partial charge in [-0.15, -0.1) is 0 Å².